The van der Waals surface area contributed by atoms with Crippen LogP contribution in [0.25, 0.3) is 0 Å². The van der Waals surface area contributed by atoms with Crippen LogP contribution in [0.4, 0.5) is 5.69 Å². The van der Waals surface area contributed by atoms with Gasteiger partial charge < -0.3 is 16.2 Å². The second-order valence-electron chi connectivity index (χ2n) is 5.29. The average Bonchev–Trinajstić information content (AvgIpc) is 3.15. The molecule has 0 heterocycles. The van der Waals surface area contributed by atoms with Gasteiger partial charge in [0.15, 0.2) is 0 Å². The number of aromatic carboxylic acids is 1. The molecule has 0 aliphatic heterocycles. The fourth-order valence-corrected chi connectivity index (χ4v) is 2.13. The summed E-state index contributed by atoms with van der Waals surface area (Å²) in [5.74, 6) is -1.05. The Bertz CT molecular complexity index is 533. The van der Waals surface area contributed by atoms with Crippen LogP contribution in [0.3, 0.4) is 0 Å². The Balaban J connectivity index is 2.22. The second-order valence-corrected chi connectivity index (χ2v) is 5.29. The van der Waals surface area contributed by atoms with Gasteiger partial charge in [-0.25, -0.2) is 4.79 Å². The molecule has 1 aliphatic carbocycles. The number of anilines is 1. The zero-order valence-electron chi connectivity index (χ0n) is 11.1. The Labute approximate surface area is 111 Å². The Hall–Kier alpha value is -1.88. The highest BCUT2D eigenvalue weighted by Crippen LogP contribution is 2.38. The summed E-state index contributed by atoms with van der Waals surface area (Å²) in [6.45, 7) is 3.39. The van der Waals surface area contributed by atoms with Crippen molar-refractivity contribution in [1.29, 1.82) is 0 Å². The van der Waals surface area contributed by atoms with Crippen LogP contribution in [0, 0.1) is 12.8 Å². The molecule has 5 nitrogen and oxygen atoms in total. The topological polar surface area (TPSA) is 92.4 Å². The van der Waals surface area contributed by atoms with Crippen LogP contribution in [0.2, 0.25) is 0 Å². The van der Waals surface area contributed by atoms with Crippen LogP contribution in [0.1, 0.15) is 35.7 Å². The van der Waals surface area contributed by atoms with Crippen molar-refractivity contribution in [1.82, 2.24) is 0 Å². The maximum atomic E-state index is 12.2. The molecule has 0 saturated heterocycles. The van der Waals surface area contributed by atoms with E-state index in [1.165, 1.54) is 6.07 Å². The van der Waals surface area contributed by atoms with Gasteiger partial charge in [-0.1, -0.05) is 6.07 Å². The first-order valence-corrected chi connectivity index (χ1v) is 6.27. The molecule has 1 atom stereocenters. The van der Waals surface area contributed by atoms with E-state index in [9.17, 15) is 9.59 Å². The molecule has 1 aromatic rings. The van der Waals surface area contributed by atoms with Crippen LogP contribution in [-0.4, -0.2) is 22.5 Å². The first-order chi connectivity index (χ1) is 8.84. The Morgan fingerprint density at radius 3 is 2.58 bits per heavy atom. The van der Waals surface area contributed by atoms with Crippen molar-refractivity contribution in [2.45, 2.75) is 32.2 Å². The van der Waals surface area contributed by atoms with Crippen molar-refractivity contribution < 1.29 is 14.7 Å². The lowest BCUT2D eigenvalue weighted by Crippen LogP contribution is -2.50. The van der Waals surface area contributed by atoms with Gasteiger partial charge in [0, 0.05) is 5.69 Å². The Kier molecular flexibility index (Phi) is 3.32. The normalized spacial score (nSPS) is 17.6. The molecule has 1 aliphatic rings. The van der Waals surface area contributed by atoms with Gasteiger partial charge in [-0.3, -0.25) is 4.79 Å². The van der Waals surface area contributed by atoms with E-state index in [4.69, 9.17) is 10.8 Å². The summed E-state index contributed by atoms with van der Waals surface area (Å²) in [7, 11) is 0. The molecule has 0 bridgehead atoms. The van der Waals surface area contributed by atoms with Crippen molar-refractivity contribution in [3.05, 3.63) is 29.3 Å². The van der Waals surface area contributed by atoms with Gasteiger partial charge >= 0.3 is 5.97 Å². The van der Waals surface area contributed by atoms with Gasteiger partial charge in [0.1, 0.15) is 0 Å². The highest BCUT2D eigenvalue weighted by molar-refractivity contribution is 6.00. The van der Waals surface area contributed by atoms with E-state index >= 15 is 0 Å². The molecule has 0 radical (unpaired) electrons. The Morgan fingerprint density at radius 2 is 2.05 bits per heavy atom. The lowest BCUT2D eigenvalue weighted by atomic mass is 9.95. The summed E-state index contributed by atoms with van der Waals surface area (Å²) in [4.78, 5) is 23.2. The summed E-state index contributed by atoms with van der Waals surface area (Å²) in [5.41, 5.74) is 6.36. The van der Waals surface area contributed by atoms with E-state index in [-0.39, 0.29) is 17.4 Å². The first-order valence-electron chi connectivity index (χ1n) is 6.27. The van der Waals surface area contributed by atoms with E-state index in [0.29, 0.717) is 11.3 Å². The lowest BCUT2D eigenvalue weighted by molar-refractivity contribution is -0.121. The van der Waals surface area contributed by atoms with Crippen LogP contribution in [0.5, 0.6) is 0 Å². The standard InChI is InChI=1S/C14H18N2O3/c1-8-10(12(17)18)4-3-5-11(8)16-13(19)14(2,15)9-6-7-9/h3-5,9H,6-7,15H2,1-2H3,(H,16,19)(H,17,18). The van der Waals surface area contributed by atoms with Gasteiger partial charge in [0.2, 0.25) is 5.91 Å². The predicted octanol–water partition coefficient (Wildman–Crippen LogP) is 1.76. The van der Waals surface area contributed by atoms with E-state index in [1.54, 1.807) is 26.0 Å². The number of carbonyl (C=O) groups is 2. The maximum Gasteiger partial charge on any atom is 0.336 e. The molecule has 5 heteroatoms. The fraction of sp³-hybridized carbons (Fsp3) is 0.429. The molecule has 19 heavy (non-hydrogen) atoms. The fourth-order valence-electron chi connectivity index (χ4n) is 2.13. The van der Waals surface area contributed by atoms with Gasteiger partial charge in [0.05, 0.1) is 11.1 Å². The zero-order chi connectivity index (χ0) is 14.2. The van der Waals surface area contributed by atoms with Crippen molar-refractivity contribution in [2.24, 2.45) is 11.7 Å². The molecule has 102 valence electrons. The maximum absolute atomic E-state index is 12.2. The largest absolute Gasteiger partial charge is 0.478 e. The van der Waals surface area contributed by atoms with Crippen LogP contribution >= 0.6 is 0 Å². The lowest BCUT2D eigenvalue weighted by Gasteiger charge is -2.23. The van der Waals surface area contributed by atoms with Gasteiger partial charge in [-0.05, 0) is 50.3 Å². The minimum Gasteiger partial charge on any atom is -0.478 e. The summed E-state index contributed by atoms with van der Waals surface area (Å²) >= 11 is 0. The zero-order valence-corrected chi connectivity index (χ0v) is 11.1. The van der Waals surface area contributed by atoms with E-state index in [1.807, 2.05) is 0 Å². The summed E-state index contributed by atoms with van der Waals surface area (Å²) in [6, 6.07) is 4.80. The minimum absolute atomic E-state index is 0.183. The SMILES string of the molecule is Cc1c(NC(=O)C(C)(N)C2CC2)cccc1C(=O)O. The number of rotatable bonds is 4. The summed E-state index contributed by atoms with van der Waals surface area (Å²) in [5, 5.41) is 11.8. The third-order valence-corrected chi connectivity index (χ3v) is 3.73. The molecule has 1 fully saturated rings. The van der Waals surface area contributed by atoms with Crippen LogP contribution in [-0.2, 0) is 4.79 Å². The van der Waals surface area contributed by atoms with Gasteiger partial charge in [0.25, 0.3) is 0 Å². The molecule has 2 rings (SSSR count). The van der Waals surface area contributed by atoms with Crippen LogP contribution in [0.15, 0.2) is 18.2 Å². The van der Waals surface area contributed by atoms with Crippen LogP contribution < -0.4 is 11.1 Å². The smallest absolute Gasteiger partial charge is 0.336 e. The monoisotopic (exact) mass is 262 g/mol. The van der Waals surface area contributed by atoms with Gasteiger partial charge in [-0.15, -0.1) is 0 Å². The summed E-state index contributed by atoms with van der Waals surface area (Å²) < 4.78 is 0. The molecule has 0 aromatic heterocycles. The van der Waals surface area contributed by atoms with Gasteiger partial charge in [-0.2, -0.15) is 0 Å². The highest BCUT2D eigenvalue weighted by Gasteiger charge is 2.44. The predicted molar refractivity (Wildman–Crippen MR) is 72.1 cm³/mol. The van der Waals surface area contributed by atoms with Crippen molar-refractivity contribution in [3.8, 4) is 0 Å². The quantitative estimate of drug-likeness (QED) is 0.770. The third kappa shape index (κ3) is 2.61. The van der Waals surface area contributed by atoms with E-state index in [0.717, 1.165) is 12.8 Å². The highest BCUT2D eigenvalue weighted by atomic mass is 16.4. The number of hydrogen-bond acceptors (Lipinski definition) is 3. The number of benzene rings is 1. The number of nitrogens with two attached hydrogens (primary N) is 1. The van der Waals surface area contributed by atoms with E-state index in [2.05, 4.69) is 5.32 Å². The third-order valence-electron chi connectivity index (χ3n) is 3.73. The molecular weight excluding hydrogens is 244 g/mol. The molecule has 1 aromatic carbocycles. The minimum atomic E-state index is -1.01. The van der Waals surface area contributed by atoms with Crippen molar-refractivity contribution >= 4 is 17.6 Å². The number of carbonyl (C=O) groups excluding carboxylic acids is 1. The molecule has 1 saturated carbocycles. The summed E-state index contributed by atoms with van der Waals surface area (Å²) in [6.07, 6.45) is 1.93. The molecular formula is C14H18N2O3. The molecule has 1 unspecified atom stereocenters. The number of carboxylic acid groups (broad SMARTS) is 1. The number of nitrogens with one attached hydrogen (secondary N) is 1. The second kappa shape index (κ2) is 4.66. The molecule has 4 N–H and O–H groups in total. The van der Waals surface area contributed by atoms with Crippen molar-refractivity contribution in [3.63, 3.8) is 0 Å². The number of hydrogen-bond donors (Lipinski definition) is 3. The van der Waals surface area contributed by atoms with E-state index < -0.39 is 11.5 Å². The number of amides is 1. The van der Waals surface area contributed by atoms with Crippen molar-refractivity contribution in [2.75, 3.05) is 5.32 Å². The number of carboxylic acids is 1. The molecule has 0 spiro atoms. The Morgan fingerprint density at radius 1 is 1.42 bits per heavy atom. The molecule has 1 amide bonds. The average molecular weight is 262 g/mol. The first kappa shape index (κ1) is 13.5.